The number of nitrogens with one attached hydrogen (secondary N) is 1. The lowest BCUT2D eigenvalue weighted by molar-refractivity contribution is -0.385. The zero-order valence-electron chi connectivity index (χ0n) is 10.9. The summed E-state index contributed by atoms with van der Waals surface area (Å²) < 4.78 is 5.00. The van der Waals surface area contributed by atoms with E-state index in [1.807, 2.05) is 13.8 Å². The lowest BCUT2D eigenvalue weighted by Crippen LogP contribution is -2.22. The molecule has 7 nitrogen and oxygen atoms in total. The van der Waals surface area contributed by atoms with Crippen LogP contribution in [0.5, 0.6) is 5.75 Å². The number of primary amides is 1. The summed E-state index contributed by atoms with van der Waals surface area (Å²) in [5.74, 6) is -0.642. The second-order valence-corrected chi connectivity index (χ2v) is 4.35. The Labute approximate surface area is 110 Å². The van der Waals surface area contributed by atoms with Gasteiger partial charge in [-0.25, -0.2) is 0 Å². The molecule has 1 aromatic carbocycles. The number of hydrogen-bond acceptors (Lipinski definition) is 5. The van der Waals surface area contributed by atoms with Crippen molar-refractivity contribution in [3.8, 4) is 5.75 Å². The highest BCUT2D eigenvalue weighted by Crippen LogP contribution is 2.27. The molecule has 104 valence electrons. The molecule has 0 heterocycles. The van der Waals surface area contributed by atoms with Gasteiger partial charge in [-0.05, 0) is 11.6 Å². The second kappa shape index (κ2) is 6.69. The average Bonchev–Trinajstić information content (AvgIpc) is 2.33. The van der Waals surface area contributed by atoms with Crippen molar-refractivity contribution in [2.45, 2.75) is 26.4 Å². The quantitative estimate of drug-likeness (QED) is 0.565. The lowest BCUT2D eigenvalue weighted by Gasteiger charge is -2.09. The van der Waals surface area contributed by atoms with Crippen LogP contribution in [0.1, 0.15) is 19.4 Å². The summed E-state index contributed by atoms with van der Waals surface area (Å²) in [6.45, 7) is 4.11. The zero-order valence-corrected chi connectivity index (χ0v) is 10.9. The third-order valence-corrected chi connectivity index (χ3v) is 2.30. The molecule has 19 heavy (non-hydrogen) atoms. The first kappa shape index (κ1) is 14.9. The van der Waals surface area contributed by atoms with Crippen molar-refractivity contribution in [3.63, 3.8) is 0 Å². The molecule has 7 heteroatoms. The number of nitrogens with zero attached hydrogens (tertiary/aromatic N) is 1. The van der Waals surface area contributed by atoms with Gasteiger partial charge < -0.3 is 15.8 Å². The van der Waals surface area contributed by atoms with Crippen LogP contribution in [0.25, 0.3) is 0 Å². The first-order valence-corrected chi connectivity index (χ1v) is 5.82. The number of ether oxygens (including phenoxy) is 1. The predicted octanol–water partition coefficient (Wildman–Crippen LogP) is 0.957. The average molecular weight is 267 g/mol. The Kier molecular flexibility index (Phi) is 5.25. The lowest BCUT2D eigenvalue weighted by atomic mass is 10.2. The van der Waals surface area contributed by atoms with Gasteiger partial charge in [0, 0.05) is 18.7 Å². The first-order chi connectivity index (χ1) is 8.90. The maximum Gasteiger partial charge on any atom is 0.311 e. The molecular weight excluding hydrogens is 250 g/mol. The minimum absolute atomic E-state index is 0.0390. The molecular formula is C12H17N3O4. The van der Waals surface area contributed by atoms with Gasteiger partial charge in [-0.2, -0.15) is 0 Å². The summed E-state index contributed by atoms with van der Waals surface area (Å²) in [6.07, 6.45) is 0. The second-order valence-electron chi connectivity index (χ2n) is 4.35. The van der Waals surface area contributed by atoms with Gasteiger partial charge in [-0.3, -0.25) is 14.9 Å². The third kappa shape index (κ3) is 4.92. The molecule has 0 bridgehead atoms. The van der Waals surface area contributed by atoms with Gasteiger partial charge in [-0.15, -0.1) is 0 Å². The van der Waals surface area contributed by atoms with Crippen LogP contribution in [-0.4, -0.2) is 23.5 Å². The fourth-order valence-corrected chi connectivity index (χ4v) is 1.41. The van der Waals surface area contributed by atoms with E-state index in [1.165, 1.54) is 12.1 Å². The molecule has 0 unspecified atom stereocenters. The molecule has 1 aromatic rings. The Morgan fingerprint density at radius 1 is 1.53 bits per heavy atom. The highest BCUT2D eigenvalue weighted by molar-refractivity contribution is 5.75. The molecule has 0 aliphatic rings. The SMILES string of the molecule is CC(C)NCc1ccc(OCC(N)=O)c([N+](=O)[O-])c1. The van der Waals surface area contributed by atoms with Gasteiger partial charge in [0.25, 0.3) is 5.91 Å². The van der Waals surface area contributed by atoms with E-state index in [4.69, 9.17) is 10.5 Å². The van der Waals surface area contributed by atoms with Crippen molar-refractivity contribution < 1.29 is 14.5 Å². The Bertz CT molecular complexity index is 474. The molecule has 0 aliphatic heterocycles. The Balaban J connectivity index is 2.88. The van der Waals surface area contributed by atoms with Crippen LogP contribution in [0.2, 0.25) is 0 Å². The van der Waals surface area contributed by atoms with Crippen LogP contribution in [0, 0.1) is 10.1 Å². The summed E-state index contributed by atoms with van der Waals surface area (Å²) in [5, 5.41) is 14.1. The van der Waals surface area contributed by atoms with E-state index in [-0.39, 0.29) is 24.1 Å². The van der Waals surface area contributed by atoms with Crippen LogP contribution in [-0.2, 0) is 11.3 Å². The molecule has 3 N–H and O–H groups in total. The fraction of sp³-hybridized carbons (Fsp3) is 0.417. The molecule has 0 aromatic heterocycles. The highest BCUT2D eigenvalue weighted by atomic mass is 16.6. The summed E-state index contributed by atoms with van der Waals surface area (Å²) in [5.41, 5.74) is 5.53. The number of amides is 1. The van der Waals surface area contributed by atoms with E-state index in [2.05, 4.69) is 5.32 Å². The first-order valence-electron chi connectivity index (χ1n) is 5.82. The number of nitro groups is 1. The molecule has 0 saturated heterocycles. The Morgan fingerprint density at radius 2 is 2.21 bits per heavy atom. The number of carbonyl (C=O) groups excluding carboxylic acids is 1. The van der Waals surface area contributed by atoms with E-state index >= 15 is 0 Å². The van der Waals surface area contributed by atoms with Crippen molar-refractivity contribution in [1.82, 2.24) is 5.32 Å². The van der Waals surface area contributed by atoms with Gasteiger partial charge in [0.2, 0.25) is 0 Å². The van der Waals surface area contributed by atoms with Crippen LogP contribution in [0.4, 0.5) is 5.69 Å². The van der Waals surface area contributed by atoms with E-state index in [9.17, 15) is 14.9 Å². The largest absolute Gasteiger partial charge is 0.477 e. The molecule has 1 rings (SSSR count). The third-order valence-electron chi connectivity index (χ3n) is 2.30. The Hall–Kier alpha value is -2.15. The molecule has 1 amide bonds. The fourth-order valence-electron chi connectivity index (χ4n) is 1.41. The van der Waals surface area contributed by atoms with Gasteiger partial charge in [0.1, 0.15) is 0 Å². The molecule has 0 aliphatic carbocycles. The topological polar surface area (TPSA) is 107 Å². The molecule has 0 radical (unpaired) electrons. The van der Waals surface area contributed by atoms with Crippen LogP contribution in [0.15, 0.2) is 18.2 Å². The minimum Gasteiger partial charge on any atom is -0.477 e. The number of rotatable bonds is 7. The Morgan fingerprint density at radius 3 is 2.74 bits per heavy atom. The van der Waals surface area contributed by atoms with Gasteiger partial charge in [-0.1, -0.05) is 19.9 Å². The number of carbonyl (C=O) groups is 1. The van der Waals surface area contributed by atoms with Crippen LogP contribution in [0.3, 0.4) is 0 Å². The minimum atomic E-state index is -0.681. The number of benzene rings is 1. The van der Waals surface area contributed by atoms with E-state index < -0.39 is 10.8 Å². The normalized spacial score (nSPS) is 10.5. The number of nitro benzene ring substituents is 1. The van der Waals surface area contributed by atoms with Crippen molar-refractivity contribution in [2.75, 3.05) is 6.61 Å². The van der Waals surface area contributed by atoms with Crippen molar-refractivity contribution in [3.05, 3.63) is 33.9 Å². The van der Waals surface area contributed by atoms with Crippen LogP contribution < -0.4 is 15.8 Å². The van der Waals surface area contributed by atoms with Crippen molar-refractivity contribution in [2.24, 2.45) is 5.73 Å². The molecule has 0 spiro atoms. The van der Waals surface area contributed by atoms with Crippen molar-refractivity contribution >= 4 is 11.6 Å². The van der Waals surface area contributed by atoms with Gasteiger partial charge in [0.15, 0.2) is 12.4 Å². The van der Waals surface area contributed by atoms with Gasteiger partial charge in [0.05, 0.1) is 4.92 Å². The van der Waals surface area contributed by atoms with E-state index in [0.29, 0.717) is 6.54 Å². The maximum absolute atomic E-state index is 10.9. The maximum atomic E-state index is 10.9. The summed E-state index contributed by atoms with van der Waals surface area (Å²) in [4.78, 5) is 21.0. The zero-order chi connectivity index (χ0) is 14.4. The van der Waals surface area contributed by atoms with Crippen LogP contribution >= 0.6 is 0 Å². The summed E-state index contributed by atoms with van der Waals surface area (Å²) in [7, 11) is 0. The molecule has 0 saturated carbocycles. The summed E-state index contributed by atoms with van der Waals surface area (Å²) >= 11 is 0. The van der Waals surface area contributed by atoms with Crippen molar-refractivity contribution in [1.29, 1.82) is 0 Å². The number of hydrogen-bond donors (Lipinski definition) is 2. The standard InChI is InChI=1S/C12H17N3O4/c1-8(2)14-6-9-3-4-11(19-7-12(13)16)10(5-9)15(17)18/h3-5,8,14H,6-7H2,1-2H3,(H2,13,16). The van der Waals surface area contributed by atoms with Gasteiger partial charge >= 0.3 is 5.69 Å². The molecule has 0 fully saturated rings. The monoisotopic (exact) mass is 267 g/mol. The highest BCUT2D eigenvalue weighted by Gasteiger charge is 2.16. The van der Waals surface area contributed by atoms with E-state index in [0.717, 1.165) is 5.56 Å². The predicted molar refractivity (Wildman–Crippen MR) is 69.8 cm³/mol. The molecule has 0 atom stereocenters. The smallest absolute Gasteiger partial charge is 0.311 e. The number of nitrogens with two attached hydrogens (primary N) is 1. The van der Waals surface area contributed by atoms with E-state index in [1.54, 1.807) is 6.07 Å². The summed E-state index contributed by atoms with van der Waals surface area (Å²) in [6, 6.07) is 4.88.